The maximum absolute atomic E-state index is 13.2. The third kappa shape index (κ3) is 8.91. The number of benzene rings is 1. The van der Waals surface area contributed by atoms with Crippen LogP contribution in [-0.4, -0.2) is 49.7 Å². The molecule has 1 aromatic rings. The third-order valence-corrected chi connectivity index (χ3v) is 12.3. The first-order chi connectivity index (χ1) is 18.4. The smallest absolute Gasteiger partial charge is 0.342 e. The number of cyclic esters (lactones) is 1. The summed E-state index contributed by atoms with van der Waals surface area (Å²) in [6.07, 6.45) is 13.4. The number of rotatable bonds is 8. The molecule has 3 rings (SSSR count). The lowest BCUT2D eigenvalue weighted by molar-refractivity contribution is -0.115. The second-order valence-electron chi connectivity index (χ2n) is 12.0. The Morgan fingerprint density at radius 2 is 1.90 bits per heavy atom. The molecule has 0 unspecified atom stereocenters. The van der Waals surface area contributed by atoms with Crippen molar-refractivity contribution in [1.82, 2.24) is 5.32 Å². The van der Waals surface area contributed by atoms with E-state index >= 15 is 0 Å². The fourth-order valence-corrected chi connectivity index (χ4v) is 6.12. The van der Waals surface area contributed by atoms with E-state index in [2.05, 4.69) is 39.2 Å². The fraction of sp³-hybridized carbons (Fsp3) is 0.548. The molecule has 8 heteroatoms. The van der Waals surface area contributed by atoms with Gasteiger partial charge in [0.25, 0.3) is 0 Å². The highest BCUT2D eigenvalue weighted by molar-refractivity contribution is 6.74. The SMILES string of the molecule is CC/C=C\C=C/C(=O)N/C=C\C[C@H]1C[C@H]2C[C@@H](O[Si](C)(C)C(C)(C)C)C[C@H](Cc3cccc(O)c3C(=O)O1)O2. The van der Waals surface area contributed by atoms with Gasteiger partial charge in [-0.15, -0.1) is 0 Å². The van der Waals surface area contributed by atoms with Gasteiger partial charge in [0.15, 0.2) is 8.32 Å². The summed E-state index contributed by atoms with van der Waals surface area (Å²) < 4.78 is 19.3. The van der Waals surface area contributed by atoms with Crippen LogP contribution >= 0.6 is 0 Å². The van der Waals surface area contributed by atoms with E-state index in [-0.39, 0.29) is 40.6 Å². The number of ether oxygens (including phenoxy) is 2. The molecular weight excluding hydrogens is 510 g/mol. The Kier molecular flexibility index (Phi) is 10.8. The van der Waals surface area contributed by atoms with Crippen LogP contribution in [0.4, 0.5) is 0 Å². The standard InChI is InChI=1S/C31H45NO6Si/c1-7-8-9-10-16-28(34)32-17-12-14-23-19-25-21-26(38-39(5,6)31(2,3)4)20-24(36-25)18-22-13-11-15-27(33)29(22)30(35)37-23/h8-13,15-17,23-26,33H,7,14,18-21H2,1-6H3,(H,32,34)/b9-8-,16-10-,17-12-/t23-,24-,25-,26-/m0/s1. The van der Waals surface area contributed by atoms with Gasteiger partial charge in [0.1, 0.15) is 17.4 Å². The Balaban J connectivity index is 1.79. The van der Waals surface area contributed by atoms with Crippen molar-refractivity contribution in [3.63, 3.8) is 0 Å². The van der Waals surface area contributed by atoms with E-state index in [1.54, 1.807) is 24.4 Å². The van der Waals surface area contributed by atoms with E-state index in [0.29, 0.717) is 24.8 Å². The summed E-state index contributed by atoms with van der Waals surface area (Å²) in [5.41, 5.74) is 0.906. The molecule has 39 heavy (non-hydrogen) atoms. The van der Waals surface area contributed by atoms with E-state index in [0.717, 1.165) is 19.3 Å². The lowest BCUT2D eigenvalue weighted by Crippen LogP contribution is -2.48. The number of fused-ring (bicyclic) bond motifs is 3. The highest BCUT2D eigenvalue weighted by atomic mass is 28.4. The predicted molar refractivity (Wildman–Crippen MR) is 156 cm³/mol. The van der Waals surface area contributed by atoms with Crippen LogP contribution in [0.2, 0.25) is 18.1 Å². The van der Waals surface area contributed by atoms with E-state index < -0.39 is 20.4 Å². The summed E-state index contributed by atoms with van der Waals surface area (Å²) in [5.74, 6) is -0.868. The lowest BCUT2D eigenvalue weighted by atomic mass is 9.91. The van der Waals surface area contributed by atoms with Crippen LogP contribution in [-0.2, 0) is 25.1 Å². The zero-order valence-electron chi connectivity index (χ0n) is 24.2. The van der Waals surface area contributed by atoms with Crippen LogP contribution in [0, 0.1) is 0 Å². The maximum Gasteiger partial charge on any atom is 0.342 e. The van der Waals surface area contributed by atoms with Gasteiger partial charge in [-0.25, -0.2) is 4.79 Å². The average Bonchev–Trinajstić information content (AvgIpc) is 2.83. The number of carbonyl (C=O) groups excluding carboxylic acids is 2. The quantitative estimate of drug-likeness (QED) is 0.168. The van der Waals surface area contributed by atoms with Crippen molar-refractivity contribution in [2.45, 2.75) is 109 Å². The van der Waals surface area contributed by atoms with Gasteiger partial charge in [-0.05, 0) is 55.4 Å². The largest absolute Gasteiger partial charge is 0.507 e. The second kappa shape index (κ2) is 13.6. The third-order valence-electron chi connectivity index (χ3n) is 7.76. The van der Waals surface area contributed by atoms with E-state index in [9.17, 15) is 14.7 Å². The molecule has 0 saturated carbocycles. The first-order valence-electron chi connectivity index (χ1n) is 14.0. The number of phenols is 1. The summed E-state index contributed by atoms with van der Waals surface area (Å²) in [5, 5.41) is 13.4. The minimum atomic E-state index is -1.99. The van der Waals surface area contributed by atoms with E-state index in [1.807, 2.05) is 25.1 Å². The number of esters is 1. The highest BCUT2D eigenvalue weighted by Gasteiger charge is 2.42. The molecule has 2 N–H and O–H groups in total. The number of allylic oxidation sites excluding steroid dienone is 3. The van der Waals surface area contributed by atoms with Gasteiger partial charge in [-0.2, -0.15) is 0 Å². The van der Waals surface area contributed by atoms with Crippen LogP contribution in [0.3, 0.4) is 0 Å². The minimum absolute atomic E-state index is 0.0505. The molecule has 1 fully saturated rings. The molecule has 4 atom stereocenters. The molecule has 1 amide bonds. The number of aromatic hydroxyl groups is 1. The van der Waals surface area contributed by atoms with Crippen LogP contribution in [0.5, 0.6) is 5.75 Å². The number of amides is 1. The molecule has 1 aromatic carbocycles. The van der Waals surface area contributed by atoms with Gasteiger partial charge in [0.05, 0.1) is 12.2 Å². The molecule has 2 aliphatic heterocycles. The zero-order chi connectivity index (χ0) is 28.6. The van der Waals surface area contributed by atoms with Crippen LogP contribution in [0.25, 0.3) is 0 Å². The Morgan fingerprint density at radius 1 is 1.15 bits per heavy atom. The van der Waals surface area contributed by atoms with Crippen molar-refractivity contribution in [3.05, 3.63) is 65.9 Å². The molecule has 0 aliphatic carbocycles. The van der Waals surface area contributed by atoms with Crippen LogP contribution in [0.15, 0.2) is 54.8 Å². The van der Waals surface area contributed by atoms with Crippen LogP contribution < -0.4 is 5.32 Å². The van der Waals surface area contributed by atoms with Crippen molar-refractivity contribution in [2.75, 3.05) is 0 Å². The van der Waals surface area contributed by atoms with Crippen molar-refractivity contribution in [2.24, 2.45) is 0 Å². The molecule has 0 spiro atoms. The maximum atomic E-state index is 13.2. The molecule has 0 radical (unpaired) electrons. The van der Waals surface area contributed by atoms with E-state index in [4.69, 9.17) is 13.9 Å². The molecule has 2 aliphatic rings. The van der Waals surface area contributed by atoms with Gasteiger partial charge in [0, 0.05) is 31.2 Å². The minimum Gasteiger partial charge on any atom is -0.507 e. The van der Waals surface area contributed by atoms with Crippen molar-refractivity contribution >= 4 is 20.2 Å². The summed E-state index contributed by atoms with van der Waals surface area (Å²) in [7, 11) is -1.99. The topological polar surface area (TPSA) is 94.1 Å². The van der Waals surface area contributed by atoms with Gasteiger partial charge in [0.2, 0.25) is 5.91 Å². The van der Waals surface area contributed by atoms with Crippen molar-refractivity contribution in [1.29, 1.82) is 0 Å². The van der Waals surface area contributed by atoms with Crippen molar-refractivity contribution in [3.8, 4) is 5.75 Å². The number of carbonyl (C=O) groups is 2. The predicted octanol–water partition coefficient (Wildman–Crippen LogP) is 6.34. The summed E-state index contributed by atoms with van der Waals surface area (Å²) in [6, 6.07) is 5.10. The second-order valence-corrected chi connectivity index (χ2v) is 16.7. The lowest BCUT2D eigenvalue weighted by Gasteiger charge is -2.44. The monoisotopic (exact) mass is 555 g/mol. The molecule has 214 valence electrons. The zero-order valence-corrected chi connectivity index (χ0v) is 25.2. The van der Waals surface area contributed by atoms with Crippen LogP contribution in [0.1, 0.15) is 75.7 Å². The normalized spacial score (nSPS) is 24.6. The number of hydrogen-bond acceptors (Lipinski definition) is 6. The highest BCUT2D eigenvalue weighted by Crippen LogP contribution is 2.40. The molecule has 1 saturated heterocycles. The molecule has 0 aromatic heterocycles. The number of nitrogens with one attached hydrogen (secondary N) is 1. The summed E-state index contributed by atoms with van der Waals surface area (Å²) in [6.45, 7) is 13.3. The Bertz CT molecular complexity index is 1090. The molecular formula is C31H45NO6Si. The summed E-state index contributed by atoms with van der Waals surface area (Å²) in [4.78, 5) is 25.2. The molecule has 2 heterocycles. The molecule has 7 nitrogen and oxygen atoms in total. The van der Waals surface area contributed by atoms with Crippen molar-refractivity contribution < 1.29 is 28.6 Å². The first-order valence-corrected chi connectivity index (χ1v) is 16.9. The number of hydrogen-bond donors (Lipinski definition) is 2. The Hall–Kier alpha value is -2.68. The molecule has 2 bridgehead atoms. The number of phenolic OH excluding ortho intramolecular Hbond substituents is 1. The summed E-state index contributed by atoms with van der Waals surface area (Å²) >= 11 is 0. The first kappa shape index (κ1) is 30.9. The van der Waals surface area contributed by atoms with Gasteiger partial charge >= 0.3 is 5.97 Å². The Labute approximate surface area is 234 Å². The van der Waals surface area contributed by atoms with Gasteiger partial charge in [-0.3, -0.25) is 4.79 Å². The fourth-order valence-electron chi connectivity index (χ4n) is 4.74. The van der Waals surface area contributed by atoms with Gasteiger partial charge < -0.3 is 24.3 Å². The van der Waals surface area contributed by atoms with Gasteiger partial charge in [-0.1, -0.05) is 64.1 Å². The van der Waals surface area contributed by atoms with E-state index in [1.165, 1.54) is 12.1 Å². The Morgan fingerprint density at radius 3 is 2.62 bits per heavy atom. The average molecular weight is 556 g/mol.